The van der Waals surface area contributed by atoms with E-state index in [1.165, 1.54) is 0 Å². The zero-order chi connectivity index (χ0) is 12.0. The van der Waals surface area contributed by atoms with Gasteiger partial charge in [-0.1, -0.05) is 13.8 Å². The number of nitrogens with one attached hydrogen (secondary N) is 1. The molecule has 6 nitrogen and oxygen atoms in total. The SMILES string of the molecule is CC(C)[C@H](N)C(=O)N[C@@H](CCO)C(=O)O. The molecule has 0 aromatic heterocycles. The maximum Gasteiger partial charge on any atom is 0.326 e. The highest BCUT2D eigenvalue weighted by Crippen LogP contribution is 2.00. The second-order valence-electron chi connectivity index (χ2n) is 3.68. The first kappa shape index (κ1) is 13.9. The molecule has 0 aromatic carbocycles. The summed E-state index contributed by atoms with van der Waals surface area (Å²) in [5.74, 6) is -1.74. The average Bonchev–Trinajstić information content (AvgIpc) is 2.15. The minimum Gasteiger partial charge on any atom is -0.480 e. The first-order valence-electron chi connectivity index (χ1n) is 4.79. The third kappa shape index (κ3) is 4.75. The van der Waals surface area contributed by atoms with Crippen LogP contribution in [0.2, 0.25) is 0 Å². The molecule has 0 aliphatic rings. The summed E-state index contributed by atoms with van der Waals surface area (Å²) >= 11 is 0. The number of aliphatic carboxylic acids is 1. The Morgan fingerprint density at radius 2 is 1.93 bits per heavy atom. The van der Waals surface area contributed by atoms with Crippen LogP contribution in [0.25, 0.3) is 0 Å². The fourth-order valence-electron chi connectivity index (χ4n) is 0.957. The minimum absolute atomic E-state index is 0.0219. The van der Waals surface area contributed by atoms with Crippen molar-refractivity contribution in [2.75, 3.05) is 6.61 Å². The fourth-order valence-corrected chi connectivity index (χ4v) is 0.957. The molecule has 0 unspecified atom stereocenters. The summed E-state index contributed by atoms with van der Waals surface area (Å²) in [5, 5.41) is 19.6. The van der Waals surface area contributed by atoms with Crippen molar-refractivity contribution in [3.05, 3.63) is 0 Å². The second kappa shape index (κ2) is 6.36. The summed E-state index contributed by atoms with van der Waals surface area (Å²) in [6.07, 6.45) is -0.0219. The summed E-state index contributed by atoms with van der Waals surface area (Å²) in [7, 11) is 0. The maximum atomic E-state index is 11.4. The van der Waals surface area contributed by atoms with Crippen molar-refractivity contribution in [3.63, 3.8) is 0 Å². The van der Waals surface area contributed by atoms with Gasteiger partial charge in [0.05, 0.1) is 6.04 Å². The van der Waals surface area contributed by atoms with Gasteiger partial charge >= 0.3 is 5.97 Å². The molecule has 0 aromatic rings. The number of rotatable bonds is 6. The van der Waals surface area contributed by atoms with E-state index in [0.29, 0.717) is 0 Å². The van der Waals surface area contributed by atoms with Gasteiger partial charge in [-0.2, -0.15) is 0 Å². The average molecular weight is 218 g/mol. The summed E-state index contributed by atoms with van der Waals surface area (Å²) in [5.41, 5.74) is 5.54. The van der Waals surface area contributed by atoms with Crippen LogP contribution in [0.3, 0.4) is 0 Å². The van der Waals surface area contributed by atoms with Crippen LogP contribution in [-0.2, 0) is 9.59 Å². The fraction of sp³-hybridized carbons (Fsp3) is 0.778. The number of carboxylic acid groups (broad SMARTS) is 1. The summed E-state index contributed by atoms with van der Waals surface area (Å²) in [4.78, 5) is 22.0. The van der Waals surface area contributed by atoms with Gasteiger partial charge in [-0.3, -0.25) is 4.79 Å². The Balaban J connectivity index is 4.28. The molecule has 0 rings (SSSR count). The van der Waals surface area contributed by atoms with Gasteiger partial charge in [0.2, 0.25) is 5.91 Å². The van der Waals surface area contributed by atoms with E-state index in [1.54, 1.807) is 13.8 Å². The highest BCUT2D eigenvalue weighted by Gasteiger charge is 2.24. The van der Waals surface area contributed by atoms with E-state index in [2.05, 4.69) is 5.32 Å². The lowest BCUT2D eigenvalue weighted by Crippen LogP contribution is -2.50. The van der Waals surface area contributed by atoms with Gasteiger partial charge in [-0.15, -0.1) is 0 Å². The van der Waals surface area contributed by atoms with Gasteiger partial charge in [0.15, 0.2) is 0 Å². The first-order chi connectivity index (χ1) is 6.90. The Bertz CT molecular complexity index is 230. The van der Waals surface area contributed by atoms with Crippen molar-refractivity contribution in [2.24, 2.45) is 11.7 Å². The van der Waals surface area contributed by atoms with Crippen LogP contribution in [0.1, 0.15) is 20.3 Å². The third-order valence-electron chi connectivity index (χ3n) is 2.05. The lowest BCUT2D eigenvalue weighted by atomic mass is 10.0. The predicted molar refractivity (Wildman–Crippen MR) is 54.1 cm³/mol. The number of nitrogens with two attached hydrogens (primary N) is 1. The van der Waals surface area contributed by atoms with E-state index >= 15 is 0 Å². The number of aliphatic hydroxyl groups is 1. The highest BCUT2D eigenvalue weighted by molar-refractivity contribution is 5.86. The van der Waals surface area contributed by atoms with Crippen molar-refractivity contribution in [3.8, 4) is 0 Å². The Morgan fingerprint density at radius 1 is 1.40 bits per heavy atom. The molecule has 5 N–H and O–H groups in total. The zero-order valence-corrected chi connectivity index (χ0v) is 8.93. The van der Waals surface area contributed by atoms with Crippen molar-refractivity contribution in [1.82, 2.24) is 5.32 Å². The van der Waals surface area contributed by atoms with Gasteiger partial charge in [0.1, 0.15) is 6.04 Å². The highest BCUT2D eigenvalue weighted by atomic mass is 16.4. The van der Waals surface area contributed by atoms with Gasteiger partial charge in [-0.05, 0) is 5.92 Å². The molecule has 0 heterocycles. The molecule has 88 valence electrons. The number of carbonyl (C=O) groups is 2. The smallest absolute Gasteiger partial charge is 0.326 e. The Morgan fingerprint density at radius 3 is 2.27 bits per heavy atom. The maximum absolute atomic E-state index is 11.4. The van der Waals surface area contributed by atoms with Gasteiger partial charge in [0, 0.05) is 13.0 Å². The molecule has 0 aliphatic heterocycles. The van der Waals surface area contributed by atoms with E-state index < -0.39 is 24.0 Å². The molecule has 0 radical (unpaired) electrons. The topological polar surface area (TPSA) is 113 Å². The van der Waals surface area contributed by atoms with E-state index in [-0.39, 0.29) is 18.9 Å². The van der Waals surface area contributed by atoms with Gasteiger partial charge < -0.3 is 21.3 Å². The zero-order valence-electron chi connectivity index (χ0n) is 8.93. The standard InChI is InChI=1S/C9H18N2O4/c1-5(2)7(10)8(13)11-6(3-4-12)9(14)15/h5-7,12H,3-4,10H2,1-2H3,(H,11,13)(H,14,15)/t6-,7-/m0/s1. The van der Waals surface area contributed by atoms with Crippen LogP contribution in [-0.4, -0.2) is 40.8 Å². The van der Waals surface area contributed by atoms with E-state index in [4.69, 9.17) is 15.9 Å². The predicted octanol–water partition coefficient (Wildman–Crippen LogP) is -1.08. The second-order valence-corrected chi connectivity index (χ2v) is 3.68. The molecule has 0 aliphatic carbocycles. The number of hydrogen-bond acceptors (Lipinski definition) is 4. The summed E-state index contributed by atoms with van der Waals surface area (Å²) < 4.78 is 0. The lowest BCUT2D eigenvalue weighted by molar-refractivity contribution is -0.142. The van der Waals surface area contributed by atoms with Gasteiger partial charge in [0.25, 0.3) is 0 Å². The normalized spacial score (nSPS) is 14.7. The molecule has 0 saturated heterocycles. The molecule has 15 heavy (non-hydrogen) atoms. The summed E-state index contributed by atoms with van der Waals surface area (Å²) in [6.45, 7) is 3.24. The van der Waals surface area contributed by atoms with Crippen molar-refractivity contribution in [2.45, 2.75) is 32.4 Å². The van der Waals surface area contributed by atoms with Crippen LogP contribution in [0.4, 0.5) is 0 Å². The number of amides is 1. The summed E-state index contributed by atoms with van der Waals surface area (Å²) in [6, 6.07) is -1.81. The van der Waals surface area contributed by atoms with Crippen LogP contribution in [0.15, 0.2) is 0 Å². The molecule has 1 amide bonds. The Hall–Kier alpha value is -1.14. The van der Waals surface area contributed by atoms with Crippen LogP contribution in [0.5, 0.6) is 0 Å². The first-order valence-corrected chi connectivity index (χ1v) is 4.79. The van der Waals surface area contributed by atoms with E-state index in [9.17, 15) is 9.59 Å². The lowest BCUT2D eigenvalue weighted by Gasteiger charge is -2.19. The number of carboxylic acids is 1. The number of carbonyl (C=O) groups excluding carboxylic acids is 1. The monoisotopic (exact) mass is 218 g/mol. The molecule has 0 saturated carbocycles. The molecular formula is C9H18N2O4. The van der Waals surface area contributed by atoms with Crippen molar-refractivity contribution in [1.29, 1.82) is 0 Å². The van der Waals surface area contributed by atoms with Crippen molar-refractivity contribution >= 4 is 11.9 Å². The Labute approximate surface area is 88.5 Å². The minimum atomic E-state index is -1.17. The van der Waals surface area contributed by atoms with E-state index in [0.717, 1.165) is 0 Å². The molecule has 6 heteroatoms. The number of aliphatic hydroxyl groups excluding tert-OH is 1. The van der Waals surface area contributed by atoms with Crippen LogP contribution < -0.4 is 11.1 Å². The van der Waals surface area contributed by atoms with Crippen LogP contribution >= 0.6 is 0 Å². The Kier molecular flexibility index (Phi) is 5.88. The molecular weight excluding hydrogens is 200 g/mol. The van der Waals surface area contributed by atoms with Crippen molar-refractivity contribution < 1.29 is 19.8 Å². The quantitative estimate of drug-likeness (QED) is 0.453. The molecule has 0 fully saturated rings. The molecule has 2 atom stereocenters. The third-order valence-corrected chi connectivity index (χ3v) is 2.05. The molecule has 0 bridgehead atoms. The van der Waals surface area contributed by atoms with Gasteiger partial charge in [-0.25, -0.2) is 4.79 Å². The van der Waals surface area contributed by atoms with Crippen LogP contribution in [0, 0.1) is 5.92 Å². The van der Waals surface area contributed by atoms with E-state index in [1.807, 2.05) is 0 Å². The molecule has 0 spiro atoms. The largest absolute Gasteiger partial charge is 0.480 e. The number of hydrogen-bond donors (Lipinski definition) is 4.